The van der Waals surface area contributed by atoms with Crippen LogP contribution in [0.2, 0.25) is 0 Å². The Kier molecular flexibility index (Phi) is 3.52. The molecule has 0 radical (unpaired) electrons. The maximum atomic E-state index is 11.2. The fourth-order valence-electron chi connectivity index (χ4n) is 2.07. The molecule has 4 nitrogen and oxygen atoms in total. The van der Waals surface area contributed by atoms with Gasteiger partial charge in [-0.3, -0.25) is 4.79 Å². The molecule has 1 aromatic rings. The number of hydrogen-bond acceptors (Lipinski definition) is 3. The highest BCUT2D eigenvalue weighted by Gasteiger charge is 2.21. The number of rotatable bonds is 2. The predicted molar refractivity (Wildman–Crippen MR) is 66.8 cm³/mol. The van der Waals surface area contributed by atoms with Gasteiger partial charge in [0, 0.05) is 44.6 Å². The molecule has 1 amide bonds. The zero-order chi connectivity index (χ0) is 12.3. The molecule has 1 aliphatic rings. The maximum absolute atomic E-state index is 11.2. The van der Waals surface area contributed by atoms with Gasteiger partial charge in [0.2, 0.25) is 5.91 Å². The van der Waals surface area contributed by atoms with E-state index in [1.54, 1.807) is 6.92 Å². The molecule has 0 atom stereocenters. The summed E-state index contributed by atoms with van der Waals surface area (Å²) >= 11 is 0. The van der Waals surface area contributed by atoms with E-state index in [0.717, 1.165) is 31.7 Å². The molecule has 1 fully saturated rings. The number of hydrogen-bond donors (Lipinski definition) is 1. The van der Waals surface area contributed by atoms with E-state index < -0.39 is 0 Å². The van der Waals surface area contributed by atoms with Crippen LogP contribution in [0.4, 0.5) is 5.69 Å². The van der Waals surface area contributed by atoms with E-state index in [1.807, 2.05) is 29.2 Å². The van der Waals surface area contributed by atoms with E-state index in [2.05, 4.69) is 0 Å². The summed E-state index contributed by atoms with van der Waals surface area (Å²) in [5.41, 5.74) is 6.40. The van der Waals surface area contributed by atoms with Crippen LogP contribution in [-0.4, -0.2) is 30.0 Å². The highest BCUT2D eigenvalue weighted by Crippen LogP contribution is 2.20. The molecule has 0 aliphatic carbocycles. The molecule has 1 heterocycles. The van der Waals surface area contributed by atoms with Crippen molar-refractivity contribution in [2.24, 2.45) is 0 Å². The minimum absolute atomic E-state index is 0.146. The van der Waals surface area contributed by atoms with Crippen molar-refractivity contribution in [3.05, 3.63) is 24.3 Å². The minimum atomic E-state index is 0.146. The van der Waals surface area contributed by atoms with Crippen LogP contribution >= 0.6 is 0 Å². The van der Waals surface area contributed by atoms with Crippen molar-refractivity contribution in [3.8, 4) is 5.75 Å². The summed E-state index contributed by atoms with van der Waals surface area (Å²) in [5, 5.41) is 0. The topological polar surface area (TPSA) is 55.6 Å². The number of likely N-dealkylation sites (tertiary alicyclic amines) is 1. The summed E-state index contributed by atoms with van der Waals surface area (Å²) in [6.07, 6.45) is 1.95. The van der Waals surface area contributed by atoms with Crippen molar-refractivity contribution < 1.29 is 9.53 Å². The minimum Gasteiger partial charge on any atom is -0.490 e. The Balaban J connectivity index is 1.88. The molecule has 0 spiro atoms. The molecule has 0 unspecified atom stereocenters. The Morgan fingerprint density at radius 1 is 1.41 bits per heavy atom. The van der Waals surface area contributed by atoms with Crippen molar-refractivity contribution in [1.82, 2.24) is 4.90 Å². The molecular weight excluding hydrogens is 216 g/mol. The number of benzene rings is 1. The van der Waals surface area contributed by atoms with Gasteiger partial charge < -0.3 is 15.4 Å². The van der Waals surface area contributed by atoms with Gasteiger partial charge in [-0.15, -0.1) is 0 Å². The zero-order valence-corrected chi connectivity index (χ0v) is 10.1. The number of nitrogens with two attached hydrogens (primary N) is 1. The Morgan fingerprint density at radius 2 is 2.12 bits per heavy atom. The highest BCUT2D eigenvalue weighted by molar-refractivity contribution is 5.73. The Hall–Kier alpha value is -1.71. The van der Waals surface area contributed by atoms with Gasteiger partial charge >= 0.3 is 0 Å². The number of carbonyl (C=O) groups excluding carboxylic acids is 1. The third kappa shape index (κ3) is 3.12. The highest BCUT2D eigenvalue weighted by atomic mass is 16.5. The second-order valence-corrected chi connectivity index (χ2v) is 4.40. The van der Waals surface area contributed by atoms with E-state index in [9.17, 15) is 4.79 Å². The predicted octanol–water partition coefficient (Wildman–Crippen LogP) is 1.66. The molecule has 0 aromatic heterocycles. The van der Waals surface area contributed by atoms with Crippen LogP contribution in [0.3, 0.4) is 0 Å². The number of nitrogens with zero attached hydrogens (tertiary/aromatic N) is 1. The fourth-order valence-corrected chi connectivity index (χ4v) is 2.07. The first kappa shape index (κ1) is 11.8. The van der Waals surface area contributed by atoms with Crippen molar-refractivity contribution in [3.63, 3.8) is 0 Å². The monoisotopic (exact) mass is 234 g/mol. The first-order valence-electron chi connectivity index (χ1n) is 5.93. The first-order chi connectivity index (χ1) is 8.15. The van der Waals surface area contributed by atoms with E-state index >= 15 is 0 Å². The van der Waals surface area contributed by atoms with Gasteiger partial charge in [-0.1, -0.05) is 6.07 Å². The number of anilines is 1. The zero-order valence-electron chi connectivity index (χ0n) is 10.1. The second kappa shape index (κ2) is 5.08. The lowest BCUT2D eigenvalue weighted by Crippen LogP contribution is -2.40. The van der Waals surface area contributed by atoms with E-state index in [4.69, 9.17) is 10.5 Å². The van der Waals surface area contributed by atoms with Crippen LogP contribution in [0.25, 0.3) is 0 Å². The molecular formula is C13H18N2O2. The molecule has 0 saturated carbocycles. The lowest BCUT2D eigenvalue weighted by Gasteiger charge is -2.31. The molecule has 1 saturated heterocycles. The van der Waals surface area contributed by atoms with Gasteiger partial charge in [-0.25, -0.2) is 0 Å². The lowest BCUT2D eigenvalue weighted by molar-refractivity contribution is -0.130. The molecule has 17 heavy (non-hydrogen) atoms. The normalized spacial score (nSPS) is 16.9. The number of nitrogen functional groups attached to an aromatic ring is 1. The number of amides is 1. The molecule has 0 bridgehead atoms. The van der Waals surface area contributed by atoms with Crippen LogP contribution in [0.5, 0.6) is 5.75 Å². The molecule has 1 aromatic carbocycles. The summed E-state index contributed by atoms with van der Waals surface area (Å²) < 4.78 is 5.85. The van der Waals surface area contributed by atoms with Crippen molar-refractivity contribution in [2.75, 3.05) is 18.8 Å². The summed E-state index contributed by atoms with van der Waals surface area (Å²) in [6.45, 7) is 3.17. The van der Waals surface area contributed by atoms with Gasteiger partial charge in [0.1, 0.15) is 11.9 Å². The summed E-state index contributed by atoms with van der Waals surface area (Å²) in [7, 11) is 0. The van der Waals surface area contributed by atoms with Crippen LogP contribution < -0.4 is 10.5 Å². The molecule has 2 N–H and O–H groups in total. The number of ether oxygens (including phenoxy) is 1. The Morgan fingerprint density at radius 3 is 2.71 bits per heavy atom. The van der Waals surface area contributed by atoms with Crippen molar-refractivity contribution >= 4 is 11.6 Å². The average Bonchev–Trinajstić information content (AvgIpc) is 2.29. The fraction of sp³-hybridized carbons (Fsp3) is 0.462. The molecule has 92 valence electrons. The van der Waals surface area contributed by atoms with E-state index in [0.29, 0.717) is 5.69 Å². The molecule has 2 rings (SSSR count). The smallest absolute Gasteiger partial charge is 0.219 e. The largest absolute Gasteiger partial charge is 0.490 e. The van der Waals surface area contributed by atoms with Gasteiger partial charge in [0.15, 0.2) is 0 Å². The van der Waals surface area contributed by atoms with Crippen molar-refractivity contribution in [2.45, 2.75) is 25.9 Å². The summed E-state index contributed by atoms with van der Waals surface area (Å²) in [5.74, 6) is 0.957. The first-order valence-corrected chi connectivity index (χ1v) is 5.93. The van der Waals surface area contributed by atoms with Gasteiger partial charge in [-0.2, -0.15) is 0 Å². The SMILES string of the molecule is CC(=O)N1CCC(Oc2cccc(N)c2)CC1. The third-order valence-corrected chi connectivity index (χ3v) is 3.05. The number of carbonyl (C=O) groups is 1. The summed E-state index contributed by atoms with van der Waals surface area (Å²) in [6, 6.07) is 7.46. The van der Waals surface area contributed by atoms with E-state index in [-0.39, 0.29) is 12.0 Å². The Bertz CT molecular complexity index is 398. The molecule has 4 heteroatoms. The second-order valence-electron chi connectivity index (χ2n) is 4.40. The maximum Gasteiger partial charge on any atom is 0.219 e. The Labute approximate surface area is 101 Å². The number of piperidine rings is 1. The standard InChI is InChI=1S/C13H18N2O2/c1-10(16)15-7-5-12(6-8-15)17-13-4-2-3-11(14)9-13/h2-4,9,12H,5-8,14H2,1H3. The lowest BCUT2D eigenvalue weighted by atomic mass is 10.1. The van der Waals surface area contributed by atoms with Crippen molar-refractivity contribution in [1.29, 1.82) is 0 Å². The van der Waals surface area contributed by atoms with Gasteiger partial charge in [0.05, 0.1) is 0 Å². The van der Waals surface area contributed by atoms with Crippen LogP contribution in [0, 0.1) is 0 Å². The van der Waals surface area contributed by atoms with Crippen LogP contribution in [0.15, 0.2) is 24.3 Å². The third-order valence-electron chi connectivity index (χ3n) is 3.05. The summed E-state index contributed by atoms with van der Waals surface area (Å²) in [4.78, 5) is 13.0. The van der Waals surface area contributed by atoms with Crippen LogP contribution in [0.1, 0.15) is 19.8 Å². The average molecular weight is 234 g/mol. The van der Waals surface area contributed by atoms with E-state index in [1.165, 1.54) is 0 Å². The quantitative estimate of drug-likeness (QED) is 0.792. The van der Waals surface area contributed by atoms with Gasteiger partial charge in [-0.05, 0) is 12.1 Å². The van der Waals surface area contributed by atoms with Gasteiger partial charge in [0.25, 0.3) is 0 Å². The van der Waals surface area contributed by atoms with Crippen LogP contribution in [-0.2, 0) is 4.79 Å². The molecule has 1 aliphatic heterocycles.